The molecule has 10 nitrogen and oxygen atoms in total. The van der Waals surface area contributed by atoms with E-state index in [2.05, 4.69) is 32.3 Å². The van der Waals surface area contributed by atoms with Crippen molar-refractivity contribution in [2.45, 2.75) is 63.2 Å². The van der Waals surface area contributed by atoms with Crippen molar-refractivity contribution in [2.24, 2.45) is 5.41 Å². The number of ether oxygens (including phenoxy) is 1. The van der Waals surface area contributed by atoms with Crippen LogP contribution >= 0.6 is 0 Å². The van der Waals surface area contributed by atoms with E-state index in [1.54, 1.807) is 0 Å². The van der Waals surface area contributed by atoms with E-state index in [-0.39, 0.29) is 23.7 Å². The Labute approximate surface area is 236 Å². The number of aromatic nitrogens is 2. The summed E-state index contributed by atoms with van der Waals surface area (Å²) in [7, 11) is 0. The van der Waals surface area contributed by atoms with E-state index >= 15 is 0 Å². The van der Waals surface area contributed by atoms with Gasteiger partial charge in [-0.25, -0.2) is 9.97 Å². The first kappa shape index (κ1) is 26.0. The number of pyridine rings is 2. The zero-order valence-electron chi connectivity index (χ0n) is 23.4. The molecule has 2 aromatic rings. The van der Waals surface area contributed by atoms with Crippen molar-refractivity contribution >= 4 is 29.2 Å². The molecule has 10 heteroatoms. The number of aliphatic hydroxyl groups excluding tert-OH is 1. The lowest BCUT2D eigenvalue weighted by Crippen LogP contribution is -2.54. The van der Waals surface area contributed by atoms with Crippen molar-refractivity contribution < 1.29 is 14.6 Å². The second-order valence-electron chi connectivity index (χ2n) is 12.8. The first-order chi connectivity index (χ1) is 19.4. The van der Waals surface area contributed by atoms with Crippen LogP contribution in [0.5, 0.6) is 0 Å². The third-order valence-electron chi connectivity index (χ3n) is 9.45. The Morgan fingerprint density at radius 1 is 0.975 bits per heavy atom. The maximum absolute atomic E-state index is 13.7. The van der Waals surface area contributed by atoms with Gasteiger partial charge in [-0.3, -0.25) is 9.69 Å². The minimum atomic E-state index is -0.195. The summed E-state index contributed by atoms with van der Waals surface area (Å²) in [6, 6.07) is 9.62. The van der Waals surface area contributed by atoms with Crippen molar-refractivity contribution in [3.05, 3.63) is 35.9 Å². The third kappa shape index (κ3) is 5.49. The first-order valence-corrected chi connectivity index (χ1v) is 15.0. The van der Waals surface area contributed by atoms with Gasteiger partial charge in [-0.1, -0.05) is 6.07 Å². The average Bonchev–Trinajstić information content (AvgIpc) is 3.87. The standard InChI is InChI=1S/C30H41N7O3/c1-21-17-37(15-16-40-21)26-4-2-3-24(31-26)33-28(39)23-5-6-25(34-30(9-10-30)20-35-18-22(38)19-35)32-27(23)36-13-11-29(7-8-29)12-14-36/h2-6,21-22,38H,7-20H2,1H3,(H,32,34)(H,31,33,39)/t21-/m1/s1. The summed E-state index contributed by atoms with van der Waals surface area (Å²) in [4.78, 5) is 30.3. The molecule has 40 heavy (non-hydrogen) atoms. The fourth-order valence-electron chi connectivity index (χ4n) is 6.53. The molecule has 5 heterocycles. The second-order valence-corrected chi connectivity index (χ2v) is 12.8. The number of carbonyl (C=O) groups excluding carboxylic acids is 1. The summed E-state index contributed by atoms with van der Waals surface area (Å²) in [6.07, 6.45) is 7.14. The lowest BCUT2D eigenvalue weighted by molar-refractivity contribution is -0.00123. The first-order valence-electron chi connectivity index (χ1n) is 15.0. The zero-order chi connectivity index (χ0) is 27.3. The van der Waals surface area contributed by atoms with Crippen LogP contribution in [0.1, 0.15) is 55.8 Å². The summed E-state index contributed by atoms with van der Waals surface area (Å²) in [5.41, 5.74) is 1.13. The van der Waals surface area contributed by atoms with Crippen LogP contribution in [0.4, 0.5) is 23.3 Å². The number of rotatable bonds is 8. The molecule has 0 bridgehead atoms. The smallest absolute Gasteiger partial charge is 0.260 e. The molecule has 3 saturated heterocycles. The number of hydrogen-bond acceptors (Lipinski definition) is 9. The van der Waals surface area contributed by atoms with Crippen LogP contribution < -0.4 is 20.4 Å². The number of piperidine rings is 1. The van der Waals surface area contributed by atoms with Crippen LogP contribution in [0.2, 0.25) is 0 Å². The van der Waals surface area contributed by atoms with Gasteiger partial charge in [-0.15, -0.1) is 0 Å². The number of hydrogen-bond donors (Lipinski definition) is 3. The van der Waals surface area contributed by atoms with Crippen molar-refractivity contribution in [2.75, 3.05) is 72.9 Å². The highest BCUT2D eigenvalue weighted by Gasteiger charge is 2.47. The fraction of sp³-hybridized carbons (Fsp3) is 0.633. The number of nitrogens with one attached hydrogen (secondary N) is 2. The minimum absolute atomic E-state index is 0.00943. The van der Waals surface area contributed by atoms with Gasteiger partial charge >= 0.3 is 0 Å². The predicted octanol–water partition coefficient (Wildman–Crippen LogP) is 2.96. The Kier molecular flexibility index (Phi) is 6.59. The SMILES string of the molecule is C[C@@H]1CN(c2cccc(NC(=O)c3ccc(NC4(CN5CC(O)C5)CC4)nc3N3CCC4(CC3)CC4)n2)CCO1. The fourth-order valence-corrected chi connectivity index (χ4v) is 6.53. The molecule has 214 valence electrons. The normalized spacial score (nSPS) is 25.4. The molecule has 0 unspecified atom stereocenters. The van der Waals surface area contributed by atoms with Crippen LogP contribution in [0, 0.1) is 5.41 Å². The van der Waals surface area contributed by atoms with E-state index in [9.17, 15) is 9.90 Å². The van der Waals surface area contributed by atoms with E-state index in [0.717, 1.165) is 89.0 Å². The van der Waals surface area contributed by atoms with Crippen molar-refractivity contribution in [1.82, 2.24) is 14.9 Å². The van der Waals surface area contributed by atoms with Crippen LogP contribution in [-0.2, 0) is 4.74 Å². The van der Waals surface area contributed by atoms with E-state index < -0.39 is 0 Å². The molecule has 1 spiro atoms. The number of amides is 1. The largest absolute Gasteiger partial charge is 0.390 e. The van der Waals surface area contributed by atoms with Gasteiger partial charge in [-0.2, -0.15) is 0 Å². The summed E-state index contributed by atoms with van der Waals surface area (Å²) in [6.45, 7) is 8.57. The lowest BCUT2D eigenvalue weighted by Gasteiger charge is -2.38. The highest BCUT2D eigenvalue weighted by atomic mass is 16.5. The Bertz CT molecular complexity index is 1250. The van der Waals surface area contributed by atoms with Gasteiger partial charge in [0.2, 0.25) is 0 Å². The Balaban J connectivity index is 1.10. The molecule has 2 saturated carbocycles. The van der Waals surface area contributed by atoms with Gasteiger partial charge in [0, 0.05) is 45.8 Å². The van der Waals surface area contributed by atoms with Gasteiger partial charge in [0.25, 0.3) is 5.91 Å². The molecule has 2 aliphatic carbocycles. The van der Waals surface area contributed by atoms with Gasteiger partial charge in [-0.05, 0) is 75.1 Å². The molecule has 5 fully saturated rings. The topological polar surface area (TPSA) is 106 Å². The molecule has 2 aromatic heterocycles. The minimum Gasteiger partial charge on any atom is -0.390 e. The molecule has 7 rings (SSSR count). The molecule has 5 aliphatic rings. The quantitative estimate of drug-likeness (QED) is 0.460. The monoisotopic (exact) mass is 547 g/mol. The van der Waals surface area contributed by atoms with Crippen LogP contribution in [0.25, 0.3) is 0 Å². The van der Waals surface area contributed by atoms with Crippen LogP contribution in [0.3, 0.4) is 0 Å². The van der Waals surface area contributed by atoms with E-state index in [1.165, 1.54) is 12.8 Å². The summed E-state index contributed by atoms with van der Waals surface area (Å²) in [5, 5.41) is 16.4. The van der Waals surface area contributed by atoms with E-state index in [1.807, 2.05) is 30.3 Å². The lowest BCUT2D eigenvalue weighted by atomic mass is 9.93. The predicted molar refractivity (Wildman–Crippen MR) is 155 cm³/mol. The molecule has 1 atom stereocenters. The number of nitrogens with zero attached hydrogens (tertiary/aromatic N) is 5. The van der Waals surface area contributed by atoms with Crippen molar-refractivity contribution in [3.63, 3.8) is 0 Å². The van der Waals surface area contributed by atoms with Crippen molar-refractivity contribution in [3.8, 4) is 0 Å². The van der Waals surface area contributed by atoms with Crippen LogP contribution in [0.15, 0.2) is 30.3 Å². The molecule has 1 amide bonds. The number of anilines is 4. The Morgan fingerprint density at radius 2 is 1.77 bits per heavy atom. The second kappa shape index (κ2) is 10.2. The molecule has 0 aromatic carbocycles. The molecular weight excluding hydrogens is 506 g/mol. The average molecular weight is 548 g/mol. The third-order valence-corrected chi connectivity index (χ3v) is 9.45. The summed E-state index contributed by atoms with van der Waals surface area (Å²) in [5.74, 6) is 2.78. The van der Waals surface area contributed by atoms with Crippen molar-refractivity contribution in [1.29, 1.82) is 0 Å². The maximum Gasteiger partial charge on any atom is 0.260 e. The maximum atomic E-state index is 13.7. The molecule has 3 N–H and O–H groups in total. The van der Waals surface area contributed by atoms with E-state index in [0.29, 0.717) is 23.4 Å². The Morgan fingerprint density at radius 3 is 2.48 bits per heavy atom. The Hall–Kier alpha value is -2.95. The highest BCUT2D eigenvalue weighted by Crippen LogP contribution is 2.54. The molecule has 3 aliphatic heterocycles. The number of morpholine rings is 1. The van der Waals surface area contributed by atoms with Gasteiger partial charge in [0.05, 0.1) is 29.9 Å². The zero-order valence-corrected chi connectivity index (χ0v) is 23.4. The highest BCUT2D eigenvalue weighted by molar-refractivity contribution is 6.07. The molecule has 0 radical (unpaired) electrons. The van der Waals surface area contributed by atoms with Gasteiger partial charge in [0.15, 0.2) is 0 Å². The summed E-state index contributed by atoms with van der Waals surface area (Å²) >= 11 is 0. The molecular formula is C30H41N7O3. The summed E-state index contributed by atoms with van der Waals surface area (Å²) < 4.78 is 5.68. The van der Waals surface area contributed by atoms with Crippen LogP contribution in [-0.4, -0.2) is 96.0 Å². The number of likely N-dealkylation sites (tertiary alicyclic amines) is 1. The van der Waals surface area contributed by atoms with Gasteiger partial charge < -0.3 is 30.3 Å². The van der Waals surface area contributed by atoms with E-state index in [4.69, 9.17) is 14.7 Å². The van der Waals surface area contributed by atoms with Gasteiger partial charge in [0.1, 0.15) is 23.3 Å². The number of carbonyl (C=O) groups is 1. The number of aliphatic hydroxyl groups is 1. The number of β-amino-alcohol motifs (C(OH)–C–C–N with tert-alkyl or cyclic N) is 1.